The van der Waals surface area contributed by atoms with Gasteiger partial charge in [-0.3, -0.25) is 14.6 Å². The standard InChI is InChI=1S/C24H17ClN2O3/c1-15(28)16-8-4-6-12-21(16)26-14-19-17-9-2-3-10-18(17)23(29)27(24(19)30)22-13-7-5-11-20(22)25/h2-14,30H,1H3. The minimum absolute atomic E-state index is 0.113. The Hall–Kier alpha value is -3.70. The van der Waals surface area contributed by atoms with Crippen LogP contribution in [0.3, 0.4) is 0 Å². The minimum atomic E-state index is -0.391. The van der Waals surface area contributed by atoms with Crippen molar-refractivity contribution in [2.24, 2.45) is 4.99 Å². The van der Waals surface area contributed by atoms with Crippen LogP contribution in [0.1, 0.15) is 22.8 Å². The number of aromatic nitrogens is 1. The average molecular weight is 417 g/mol. The molecule has 0 bridgehead atoms. The van der Waals surface area contributed by atoms with E-state index in [2.05, 4.69) is 4.99 Å². The lowest BCUT2D eigenvalue weighted by molar-refractivity contribution is 0.101. The first-order chi connectivity index (χ1) is 14.5. The number of benzene rings is 3. The number of Topliss-reactive ketones (excluding diaryl/α,β-unsaturated/α-hetero) is 1. The first-order valence-electron chi connectivity index (χ1n) is 9.24. The van der Waals surface area contributed by atoms with Crippen molar-refractivity contribution in [1.29, 1.82) is 0 Å². The van der Waals surface area contributed by atoms with Gasteiger partial charge >= 0.3 is 0 Å². The molecule has 30 heavy (non-hydrogen) atoms. The van der Waals surface area contributed by atoms with Gasteiger partial charge in [-0.25, -0.2) is 4.57 Å². The van der Waals surface area contributed by atoms with Crippen molar-refractivity contribution in [2.45, 2.75) is 6.92 Å². The van der Waals surface area contributed by atoms with E-state index >= 15 is 0 Å². The van der Waals surface area contributed by atoms with Crippen LogP contribution in [-0.4, -0.2) is 21.7 Å². The summed E-state index contributed by atoms with van der Waals surface area (Å²) in [6.07, 6.45) is 1.46. The van der Waals surface area contributed by atoms with E-state index in [9.17, 15) is 14.7 Å². The third-order valence-corrected chi connectivity index (χ3v) is 5.13. The van der Waals surface area contributed by atoms with E-state index in [1.165, 1.54) is 17.7 Å². The molecular formula is C24H17ClN2O3. The maximum Gasteiger partial charge on any atom is 0.265 e. The Morgan fingerprint density at radius 3 is 2.33 bits per heavy atom. The van der Waals surface area contributed by atoms with E-state index in [-0.39, 0.29) is 11.7 Å². The number of aromatic hydroxyl groups is 1. The molecule has 3 aromatic carbocycles. The molecule has 0 amide bonds. The highest BCUT2D eigenvalue weighted by molar-refractivity contribution is 6.32. The fourth-order valence-corrected chi connectivity index (χ4v) is 3.58. The van der Waals surface area contributed by atoms with E-state index in [1.54, 1.807) is 72.8 Å². The van der Waals surface area contributed by atoms with E-state index in [4.69, 9.17) is 11.6 Å². The normalized spacial score (nSPS) is 11.3. The van der Waals surface area contributed by atoms with Crippen molar-refractivity contribution in [3.63, 3.8) is 0 Å². The van der Waals surface area contributed by atoms with Crippen LogP contribution in [0.25, 0.3) is 16.5 Å². The predicted molar refractivity (Wildman–Crippen MR) is 120 cm³/mol. The maximum absolute atomic E-state index is 13.1. The zero-order chi connectivity index (χ0) is 21.3. The smallest absolute Gasteiger partial charge is 0.265 e. The summed E-state index contributed by atoms with van der Waals surface area (Å²) in [6.45, 7) is 1.47. The highest BCUT2D eigenvalue weighted by Gasteiger charge is 2.18. The SMILES string of the molecule is CC(=O)c1ccccc1N=Cc1c(O)n(-c2ccccc2Cl)c(=O)c2ccccc12. The number of para-hydroxylation sites is 2. The van der Waals surface area contributed by atoms with Gasteiger partial charge in [-0.1, -0.05) is 54.1 Å². The van der Waals surface area contributed by atoms with E-state index in [0.29, 0.717) is 38.3 Å². The average Bonchev–Trinajstić information content (AvgIpc) is 2.75. The van der Waals surface area contributed by atoms with Gasteiger partial charge in [0.05, 0.1) is 22.0 Å². The van der Waals surface area contributed by atoms with Crippen molar-refractivity contribution in [3.8, 4) is 11.6 Å². The fourth-order valence-electron chi connectivity index (χ4n) is 3.36. The van der Waals surface area contributed by atoms with Gasteiger partial charge in [-0.2, -0.15) is 0 Å². The molecule has 4 aromatic rings. The molecule has 0 radical (unpaired) electrons. The molecule has 0 atom stereocenters. The molecule has 1 heterocycles. The quantitative estimate of drug-likeness (QED) is 0.362. The Kier molecular flexibility index (Phi) is 5.21. The van der Waals surface area contributed by atoms with E-state index < -0.39 is 5.56 Å². The van der Waals surface area contributed by atoms with Gasteiger partial charge in [-0.15, -0.1) is 0 Å². The number of hydrogen-bond acceptors (Lipinski definition) is 4. The van der Waals surface area contributed by atoms with Gasteiger partial charge < -0.3 is 5.11 Å². The summed E-state index contributed by atoms with van der Waals surface area (Å²) in [5, 5.41) is 12.3. The van der Waals surface area contributed by atoms with Gasteiger partial charge in [0, 0.05) is 22.6 Å². The van der Waals surface area contributed by atoms with E-state index in [0.717, 1.165) is 0 Å². The summed E-state index contributed by atoms with van der Waals surface area (Å²) < 4.78 is 1.17. The molecule has 0 aliphatic heterocycles. The minimum Gasteiger partial charge on any atom is -0.494 e. The topological polar surface area (TPSA) is 71.7 Å². The molecule has 148 valence electrons. The number of carbonyl (C=O) groups excluding carboxylic acids is 1. The molecule has 0 fully saturated rings. The van der Waals surface area contributed by atoms with Gasteiger partial charge in [0.15, 0.2) is 5.78 Å². The van der Waals surface area contributed by atoms with Crippen molar-refractivity contribution in [1.82, 2.24) is 4.57 Å². The Balaban J connectivity index is 2.00. The molecule has 6 heteroatoms. The Bertz CT molecular complexity index is 1370. The first kappa shape index (κ1) is 19.6. The van der Waals surface area contributed by atoms with Crippen LogP contribution < -0.4 is 5.56 Å². The summed E-state index contributed by atoms with van der Waals surface area (Å²) in [5.74, 6) is -0.395. The lowest BCUT2D eigenvalue weighted by Crippen LogP contribution is -2.20. The van der Waals surface area contributed by atoms with Crippen LogP contribution in [0.4, 0.5) is 5.69 Å². The first-order valence-corrected chi connectivity index (χ1v) is 9.62. The number of nitrogens with zero attached hydrogens (tertiary/aromatic N) is 2. The molecule has 1 N–H and O–H groups in total. The molecule has 0 saturated carbocycles. The van der Waals surface area contributed by atoms with Crippen LogP contribution in [0.2, 0.25) is 5.02 Å². The largest absolute Gasteiger partial charge is 0.494 e. The Morgan fingerprint density at radius 1 is 0.967 bits per heavy atom. The number of aliphatic imine (C=N–C) groups is 1. The highest BCUT2D eigenvalue weighted by Crippen LogP contribution is 2.29. The van der Waals surface area contributed by atoms with Crippen molar-refractivity contribution >= 4 is 40.1 Å². The second-order valence-electron chi connectivity index (χ2n) is 6.71. The van der Waals surface area contributed by atoms with Crippen LogP contribution in [0.15, 0.2) is 82.6 Å². The zero-order valence-corrected chi connectivity index (χ0v) is 16.8. The monoisotopic (exact) mass is 416 g/mol. The summed E-state index contributed by atoms with van der Waals surface area (Å²) in [4.78, 5) is 29.5. The van der Waals surface area contributed by atoms with Gasteiger partial charge in [-0.05, 0) is 37.3 Å². The van der Waals surface area contributed by atoms with Gasteiger partial charge in [0.25, 0.3) is 5.56 Å². The van der Waals surface area contributed by atoms with Crippen molar-refractivity contribution in [2.75, 3.05) is 0 Å². The molecule has 0 aliphatic carbocycles. The molecule has 4 rings (SSSR count). The van der Waals surface area contributed by atoms with Crippen LogP contribution in [-0.2, 0) is 0 Å². The van der Waals surface area contributed by atoms with Crippen LogP contribution >= 0.6 is 11.6 Å². The number of pyridine rings is 1. The maximum atomic E-state index is 13.1. The number of rotatable bonds is 4. The van der Waals surface area contributed by atoms with Gasteiger partial charge in [0.2, 0.25) is 5.88 Å². The van der Waals surface area contributed by atoms with Crippen LogP contribution in [0.5, 0.6) is 5.88 Å². The molecular weight excluding hydrogens is 400 g/mol. The van der Waals surface area contributed by atoms with Gasteiger partial charge in [0.1, 0.15) is 0 Å². The number of halogens is 1. The van der Waals surface area contributed by atoms with Crippen molar-refractivity contribution < 1.29 is 9.90 Å². The second-order valence-corrected chi connectivity index (χ2v) is 7.11. The molecule has 0 spiro atoms. The van der Waals surface area contributed by atoms with Crippen LogP contribution in [0, 0.1) is 0 Å². The third kappa shape index (κ3) is 3.40. The molecule has 0 unspecified atom stereocenters. The molecule has 0 aliphatic rings. The lowest BCUT2D eigenvalue weighted by atomic mass is 10.1. The summed E-state index contributed by atoms with van der Waals surface area (Å²) in [5.41, 5.74) is 1.27. The predicted octanol–water partition coefficient (Wildman–Crippen LogP) is 5.30. The summed E-state index contributed by atoms with van der Waals surface area (Å²) >= 11 is 6.29. The Labute approximate surface area is 177 Å². The second kappa shape index (κ2) is 7.97. The molecule has 0 saturated heterocycles. The molecule has 1 aromatic heterocycles. The number of carbonyl (C=O) groups is 1. The third-order valence-electron chi connectivity index (χ3n) is 4.81. The lowest BCUT2D eigenvalue weighted by Gasteiger charge is -2.14. The zero-order valence-electron chi connectivity index (χ0n) is 16.0. The number of hydrogen-bond donors (Lipinski definition) is 1. The Morgan fingerprint density at radius 2 is 1.60 bits per heavy atom. The molecule has 5 nitrogen and oxygen atoms in total. The summed E-state index contributed by atoms with van der Waals surface area (Å²) in [7, 11) is 0. The number of ketones is 1. The highest BCUT2D eigenvalue weighted by atomic mass is 35.5. The number of fused-ring (bicyclic) bond motifs is 1. The summed E-state index contributed by atoms with van der Waals surface area (Å²) in [6, 6.07) is 20.7. The van der Waals surface area contributed by atoms with Crippen molar-refractivity contribution in [3.05, 3.63) is 99.3 Å². The van der Waals surface area contributed by atoms with E-state index in [1.807, 2.05) is 0 Å². The fraction of sp³-hybridized carbons (Fsp3) is 0.0417.